The fourth-order valence-corrected chi connectivity index (χ4v) is 1.13. The summed E-state index contributed by atoms with van der Waals surface area (Å²) in [6.45, 7) is 3.75. The van der Waals surface area contributed by atoms with Crippen molar-refractivity contribution >= 4 is 0 Å². The van der Waals surface area contributed by atoms with Crippen molar-refractivity contribution in [2.75, 3.05) is 0 Å². The van der Waals surface area contributed by atoms with Crippen molar-refractivity contribution < 1.29 is 8.83 Å². The van der Waals surface area contributed by atoms with E-state index >= 15 is 0 Å². The summed E-state index contributed by atoms with van der Waals surface area (Å²) in [5.41, 5.74) is 0.866. The molecule has 0 unspecified atom stereocenters. The average Bonchev–Trinajstić information content (AvgIpc) is 2.58. The van der Waals surface area contributed by atoms with Gasteiger partial charge in [0.2, 0.25) is 6.39 Å². The smallest absolute Gasteiger partial charge is 0.250 e. The summed E-state index contributed by atoms with van der Waals surface area (Å²) < 4.78 is 10.3. The zero-order valence-electron chi connectivity index (χ0n) is 6.87. The van der Waals surface area contributed by atoms with Gasteiger partial charge in [0.1, 0.15) is 11.5 Å². The zero-order chi connectivity index (χ0) is 8.55. The molecule has 0 spiro atoms. The van der Waals surface area contributed by atoms with E-state index in [0.717, 1.165) is 17.1 Å². The van der Waals surface area contributed by atoms with Crippen molar-refractivity contribution in [1.82, 2.24) is 10.2 Å². The van der Waals surface area contributed by atoms with Crippen LogP contribution in [0.4, 0.5) is 0 Å². The predicted octanol–water partition coefficient (Wildman–Crippen LogP) is 1.95. The highest BCUT2D eigenvalue weighted by molar-refractivity contribution is 5.55. The van der Waals surface area contributed by atoms with E-state index in [0.29, 0.717) is 5.89 Å². The van der Waals surface area contributed by atoms with Gasteiger partial charge in [-0.05, 0) is 19.9 Å². The number of aromatic nitrogens is 2. The van der Waals surface area contributed by atoms with Crippen molar-refractivity contribution in [1.29, 1.82) is 0 Å². The second-order valence-corrected chi connectivity index (χ2v) is 2.57. The first-order valence-corrected chi connectivity index (χ1v) is 3.61. The second kappa shape index (κ2) is 2.48. The molecule has 0 saturated heterocycles. The molecule has 2 aromatic heterocycles. The SMILES string of the molecule is Cc1cc(-c2nnco2)c(C)o1. The van der Waals surface area contributed by atoms with E-state index < -0.39 is 0 Å². The van der Waals surface area contributed by atoms with Crippen LogP contribution in [0.25, 0.3) is 11.5 Å². The first-order chi connectivity index (χ1) is 5.77. The third kappa shape index (κ3) is 1.01. The van der Waals surface area contributed by atoms with E-state index in [1.54, 1.807) is 0 Å². The lowest BCUT2D eigenvalue weighted by molar-refractivity contribution is 0.502. The van der Waals surface area contributed by atoms with Gasteiger partial charge in [-0.2, -0.15) is 0 Å². The number of hydrogen-bond donors (Lipinski definition) is 0. The molecule has 0 N–H and O–H groups in total. The first kappa shape index (κ1) is 7.09. The molecule has 0 fully saturated rings. The minimum Gasteiger partial charge on any atom is -0.466 e. The van der Waals surface area contributed by atoms with Crippen LogP contribution < -0.4 is 0 Å². The molecule has 0 amide bonds. The van der Waals surface area contributed by atoms with Gasteiger partial charge in [-0.3, -0.25) is 0 Å². The maximum absolute atomic E-state index is 5.31. The summed E-state index contributed by atoms with van der Waals surface area (Å²) in [7, 11) is 0. The standard InChI is InChI=1S/C8H8N2O2/c1-5-3-7(6(2)12-5)8-10-9-4-11-8/h3-4H,1-2H3. The fraction of sp³-hybridized carbons (Fsp3) is 0.250. The average molecular weight is 164 g/mol. The lowest BCUT2D eigenvalue weighted by Gasteiger charge is -1.86. The lowest BCUT2D eigenvalue weighted by Crippen LogP contribution is -1.76. The molecule has 0 bridgehead atoms. The minimum atomic E-state index is 0.504. The molecule has 0 aromatic carbocycles. The lowest BCUT2D eigenvalue weighted by atomic mass is 10.2. The summed E-state index contributed by atoms with van der Waals surface area (Å²) in [5.74, 6) is 2.15. The quantitative estimate of drug-likeness (QED) is 0.646. The molecule has 4 nitrogen and oxygen atoms in total. The Balaban J connectivity index is 2.54. The molecular formula is C8H8N2O2. The maximum Gasteiger partial charge on any atom is 0.250 e. The van der Waals surface area contributed by atoms with Gasteiger partial charge < -0.3 is 8.83 Å². The highest BCUT2D eigenvalue weighted by atomic mass is 16.4. The van der Waals surface area contributed by atoms with Crippen LogP contribution in [0.15, 0.2) is 21.3 Å². The maximum atomic E-state index is 5.31. The van der Waals surface area contributed by atoms with E-state index in [4.69, 9.17) is 8.83 Å². The summed E-state index contributed by atoms with van der Waals surface area (Å²) in [5, 5.41) is 7.37. The predicted molar refractivity (Wildman–Crippen MR) is 41.5 cm³/mol. The Morgan fingerprint density at radius 2 is 2.17 bits per heavy atom. The Morgan fingerprint density at radius 3 is 2.67 bits per heavy atom. The second-order valence-electron chi connectivity index (χ2n) is 2.57. The summed E-state index contributed by atoms with van der Waals surface area (Å²) in [4.78, 5) is 0. The van der Waals surface area contributed by atoms with Crippen molar-refractivity contribution in [3.63, 3.8) is 0 Å². The summed E-state index contributed by atoms with van der Waals surface area (Å²) >= 11 is 0. The topological polar surface area (TPSA) is 52.1 Å². The number of aryl methyl sites for hydroxylation is 2. The Morgan fingerprint density at radius 1 is 1.33 bits per heavy atom. The van der Waals surface area contributed by atoms with Crippen LogP contribution in [0.3, 0.4) is 0 Å². The van der Waals surface area contributed by atoms with Crippen LogP contribution >= 0.6 is 0 Å². The normalized spacial score (nSPS) is 10.5. The van der Waals surface area contributed by atoms with Crippen molar-refractivity contribution in [3.05, 3.63) is 24.0 Å². The molecule has 12 heavy (non-hydrogen) atoms. The number of rotatable bonds is 1. The van der Waals surface area contributed by atoms with Crippen LogP contribution in [-0.4, -0.2) is 10.2 Å². The van der Waals surface area contributed by atoms with Crippen molar-refractivity contribution in [2.24, 2.45) is 0 Å². The Hall–Kier alpha value is -1.58. The Labute approximate surface area is 69.2 Å². The van der Waals surface area contributed by atoms with Gasteiger partial charge >= 0.3 is 0 Å². The third-order valence-electron chi connectivity index (χ3n) is 1.63. The molecule has 2 heterocycles. The van der Waals surface area contributed by atoms with E-state index in [1.807, 2.05) is 19.9 Å². The molecule has 2 aromatic rings. The molecule has 62 valence electrons. The van der Waals surface area contributed by atoms with Gasteiger partial charge in [-0.15, -0.1) is 10.2 Å². The number of nitrogens with zero attached hydrogens (tertiary/aromatic N) is 2. The third-order valence-corrected chi connectivity index (χ3v) is 1.63. The minimum absolute atomic E-state index is 0.504. The van der Waals surface area contributed by atoms with Crippen LogP contribution in [0.5, 0.6) is 0 Å². The Kier molecular flexibility index (Phi) is 1.46. The van der Waals surface area contributed by atoms with Gasteiger partial charge in [-0.1, -0.05) is 0 Å². The first-order valence-electron chi connectivity index (χ1n) is 3.61. The monoisotopic (exact) mass is 164 g/mol. The van der Waals surface area contributed by atoms with Crippen LogP contribution in [0.2, 0.25) is 0 Å². The van der Waals surface area contributed by atoms with E-state index in [9.17, 15) is 0 Å². The van der Waals surface area contributed by atoms with E-state index in [-0.39, 0.29) is 0 Å². The van der Waals surface area contributed by atoms with Crippen molar-refractivity contribution in [3.8, 4) is 11.5 Å². The van der Waals surface area contributed by atoms with Gasteiger partial charge in [0, 0.05) is 0 Å². The van der Waals surface area contributed by atoms with Gasteiger partial charge in [-0.25, -0.2) is 0 Å². The molecule has 2 rings (SSSR count). The molecule has 0 radical (unpaired) electrons. The number of hydrogen-bond acceptors (Lipinski definition) is 4. The van der Waals surface area contributed by atoms with Crippen LogP contribution in [0, 0.1) is 13.8 Å². The van der Waals surface area contributed by atoms with Crippen molar-refractivity contribution in [2.45, 2.75) is 13.8 Å². The molecule has 0 aliphatic carbocycles. The zero-order valence-corrected chi connectivity index (χ0v) is 6.87. The highest BCUT2D eigenvalue weighted by Crippen LogP contribution is 2.23. The molecule has 0 saturated carbocycles. The molecule has 0 aliphatic heterocycles. The van der Waals surface area contributed by atoms with Gasteiger partial charge in [0.25, 0.3) is 5.89 Å². The molecule has 0 atom stereocenters. The Bertz CT molecular complexity index is 376. The van der Waals surface area contributed by atoms with E-state index in [1.165, 1.54) is 6.39 Å². The number of furan rings is 1. The van der Waals surface area contributed by atoms with Gasteiger partial charge in [0.05, 0.1) is 5.56 Å². The van der Waals surface area contributed by atoms with E-state index in [2.05, 4.69) is 10.2 Å². The molecule has 4 heteroatoms. The largest absolute Gasteiger partial charge is 0.466 e. The molecule has 0 aliphatic rings. The van der Waals surface area contributed by atoms with Crippen LogP contribution in [-0.2, 0) is 0 Å². The van der Waals surface area contributed by atoms with Crippen LogP contribution in [0.1, 0.15) is 11.5 Å². The summed E-state index contributed by atoms with van der Waals surface area (Å²) in [6, 6.07) is 1.88. The fourth-order valence-electron chi connectivity index (χ4n) is 1.13. The summed E-state index contributed by atoms with van der Waals surface area (Å²) in [6.07, 6.45) is 1.30. The van der Waals surface area contributed by atoms with Gasteiger partial charge in [0.15, 0.2) is 0 Å². The molecular weight excluding hydrogens is 156 g/mol. The highest BCUT2D eigenvalue weighted by Gasteiger charge is 2.10.